The van der Waals surface area contributed by atoms with Gasteiger partial charge >= 0.3 is 0 Å². The Kier molecular flexibility index (Phi) is 3.45. The van der Waals surface area contributed by atoms with Gasteiger partial charge in [-0.05, 0) is 49.6 Å². The number of rotatable bonds is 2. The van der Waals surface area contributed by atoms with Gasteiger partial charge in [-0.3, -0.25) is 0 Å². The number of nitrogens with two attached hydrogens (primary N) is 1. The molecule has 0 bridgehead atoms. The van der Waals surface area contributed by atoms with Crippen LogP contribution < -0.4 is 10.6 Å². The van der Waals surface area contributed by atoms with Crippen LogP contribution in [-0.2, 0) is 0 Å². The predicted molar refractivity (Wildman–Crippen MR) is 93.3 cm³/mol. The van der Waals surface area contributed by atoms with Crippen LogP contribution in [0.4, 0.5) is 11.5 Å². The molecule has 5 heteroatoms. The monoisotopic (exact) mass is 309 g/mol. The summed E-state index contributed by atoms with van der Waals surface area (Å²) in [5.74, 6) is 2.54. The SMILES string of the molecule is Cc1ccc(-c2ccc(N3CC4CN(C)CC4C3)nn2)cc1N. The van der Waals surface area contributed by atoms with Crippen LogP contribution in [0.2, 0.25) is 0 Å². The average molecular weight is 309 g/mol. The molecular formula is C18H23N5. The lowest BCUT2D eigenvalue weighted by molar-refractivity contribution is 0.387. The van der Waals surface area contributed by atoms with Crippen molar-refractivity contribution in [3.63, 3.8) is 0 Å². The summed E-state index contributed by atoms with van der Waals surface area (Å²) in [4.78, 5) is 4.81. The Labute approximate surface area is 137 Å². The summed E-state index contributed by atoms with van der Waals surface area (Å²) in [6.07, 6.45) is 0. The lowest BCUT2D eigenvalue weighted by Crippen LogP contribution is -2.27. The largest absolute Gasteiger partial charge is 0.398 e. The van der Waals surface area contributed by atoms with Crippen molar-refractivity contribution in [1.82, 2.24) is 15.1 Å². The topological polar surface area (TPSA) is 58.3 Å². The molecule has 2 unspecified atom stereocenters. The van der Waals surface area contributed by atoms with E-state index in [9.17, 15) is 0 Å². The number of aryl methyl sites for hydroxylation is 1. The number of nitrogens with zero attached hydrogens (tertiary/aromatic N) is 4. The van der Waals surface area contributed by atoms with Crippen LogP contribution >= 0.6 is 0 Å². The van der Waals surface area contributed by atoms with Crippen LogP contribution in [0.1, 0.15) is 5.56 Å². The van der Waals surface area contributed by atoms with Gasteiger partial charge in [-0.1, -0.05) is 12.1 Å². The molecule has 0 saturated carbocycles. The van der Waals surface area contributed by atoms with Gasteiger partial charge in [-0.2, -0.15) is 0 Å². The van der Waals surface area contributed by atoms with Crippen molar-refractivity contribution >= 4 is 11.5 Å². The van der Waals surface area contributed by atoms with Crippen molar-refractivity contribution in [2.45, 2.75) is 6.92 Å². The third kappa shape index (κ3) is 2.65. The second-order valence-electron chi connectivity index (χ2n) is 6.99. The van der Waals surface area contributed by atoms with Gasteiger partial charge in [0.05, 0.1) is 5.69 Å². The number of hydrogen-bond donors (Lipinski definition) is 1. The second-order valence-corrected chi connectivity index (χ2v) is 6.99. The maximum atomic E-state index is 5.99. The van der Waals surface area contributed by atoms with E-state index in [4.69, 9.17) is 5.73 Å². The molecule has 0 radical (unpaired) electrons. The molecule has 0 amide bonds. The number of aromatic nitrogens is 2. The number of hydrogen-bond acceptors (Lipinski definition) is 5. The van der Waals surface area contributed by atoms with Crippen LogP contribution in [-0.4, -0.2) is 48.3 Å². The molecule has 2 aromatic rings. The van der Waals surface area contributed by atoms with Gasteiger partial charge in [0.2, 0.25) is 0 Å². The Bertz CT molecular complexity index is 698. The van der Waals surface area contributed by atoms with Gasteiger partial charge in [0, 0.05) is 37.4 Å². The van der Waals surface area contributed by atoms with Gasteiger partial charge in [0.1, 0.15) is 0 Å². The standard InChI is InChI=1S/C18H23N5/c1-12-3-4-13(7-16(12)19)17-5-6-18(21-20-17)23-10-14-8-22(2)9-15(14)11-23/h3-7,14-15H,8-11,19H2,1-2H3. The molecular weight excluding hydrogens is 286 g/mol. The van der Waals surface area contributed by atoms with E-state index in [1.807, 2.05) is 31.2 Å². The molecule has 4 rings (SSSR count). The molecule has 2 fully saturated rings. The molecule has 2 aliphatic rings. The highest BCUT2D eigenvalue weighted by molar-refractivity contribution is 5.66. The molecule has 1 aromatic carbocycles. The second kappa shape index (κ2) is 5.49. The summed E-state index contributed by atoms with van der Waals surface area (Å²) < 4.78 is 0. The minimum Gasteiger partial charge on any atom is -0.398 e. The first-order valence-electron chi connectivity index (χ1n) is 8.24. The molecule has 5 nitrogen and oxygen atoms in total. The molecule has 120 valence electrons. The van der Waals surface area contributed by atoms with E-state index < -0.39 is 0 Å². The summed E-state index contributed by atoms with van der Waals surface area (Å²) in [6, 6.07) is 10.2. The molecule has 0 spiro atoms. The van der Waals surface area contributed by atoms with E-state index in [1.54, 1.807) is 0 Å². The molecule has 23 heavy (non-hydrogen) atoms. The van der Waals surface area contributed by atoms with E-state index in [2.05, 4.69) is 33.1 Å². The van der Waals surface area contributed by atoms with E-state index in [0.29, 0.717) is 0 Å². The van der Waals surface area contributed by atoms with Crippen molar-refractivity contribution in [3.8, 4) is 11.3 Å². The van der Waals surface area contributed by atoms with E-state index in [1.165, 1.54) is 13.1 Å². The zero-order valence-electron chi connectivity index (χ0n) is 13.7. The minimum atomic E-state index is 0.776. The highest BCUT2D eigenvalue weighted by atomic mass is 15.3. The molecule has 2 saturated heterocycles. The van der Waals surface area contributed by atoms with Crippen LogP contribution in [0.15, 0.2) is 30.3 Å². The first-order chi connectivity index (χ1) is 11.1. The quantitative estimate of drug-likeness (QED) is 0.860. The van der Waals surface area contributed by atoms with Gasteiger partial charge in [0.25, 0.3) is 0 Å². The average Bonchev–Trinajstić information content (AvgIpc) is 3.07. The van der Waals surface area contributed by atoms with Gasteiger partial charge in [-0.25, -0.2) is 0 Å². The molecule has 0 aliphatic carbocycles. The summed E-state index contributed by atoms with van der Waals surface area (Å²) >= 11 is 0. The van der Waals surface area contributed by atoms with Crippen LogP contribution in [0.25, 0.3) is 11.3 Å². The summed E-state index contributed by atoms with van der Waals surface area (Å²) in [5, 5.41) is 8.87. The van der Waals surface area contributed by atoms with E-state index in [0.717, 1.165) is 53.3 Å². The Balaban J connectivity index is 1.51. The van der Waals surface area contributed by atoms with Crippen molar-refractivity contribution in [2.75, 3.05) is 43.9 Å². The van der Waals surface area contributed by atoms with E-state index >= 15 is 0 Å². The maximum absolute atomic E-state index is 5.99. The summed E-state index contributed by atoms with van der Waals surface area (Å²) in [7, 11) is 2.21. The summed E-state index contributed by atoms with van der Waals surface area (Å²) in [6.45, 7) is 6.61. The zero-order valence-corrected chi connectivity index (χ0v) is 13.7. The highest BCUT2D eigenvalue weighted by Gasteiger charge is 2.39. The molecule has 2 atom stereocenters. The fraction of sp³-hybridized carbons (Fsp3) is 0.444. The van der Waals surface area contributed by atoms with Crippen LogP contribution in [0.3, 0.4) is 0 Å². The van der Waals surface area contributed by atoms with Gasteiger partial charge in [-0.15, -0.1) is 10.2 Å². The third-order valence-corrected chi connectivity index (χ3v) is 5.22. The summed E-state index contributed by atoms with van der Waals surface area (Å²) in [5.41, 5.74) is 9.77. The number of nitrogen functional groups attached to an aromatic ring is 1. The van der Waals surface area contributed by atoms with Crippen molar-refractivity contribution in [3.05, 3.63) is 35.9 Å². The predicted octanol–water partition coefficient (Wildman–Crippen LogP) is 2.03. The first-order valence-corrected chi connectivity index (χ1v) is 8.24. The lowest BCUT2D eigenvalue weighted by atomic mass is 10.0. The molecule has 1 aromatic heterocycles. The number of fused-ring (bicyclic) bond motifs is 1. The number of likely N-dealkylation sites (tertiary alicyclic amines) is 1. The lowest BCUT2D eigenvalue weighted by Gasteiger charge is -2.19. The highest BCUT2D eigenvalue weighted by Crippen LogP contribution is 2.32. The maximum Gasteiger partial charge on any atom is 0.151 e. The fourth-order valence-electron chi connectivity index (χ4n) is 3.86. The van der Waals surface area contributed by atoms with Crippen LogP contribution in [0.5, 0.6) is 0 Å². The molecule has 2 aliphatic heterocycles. The third-order valence-electron chi connectivity index (χ3n) is 5.22. The fourth-order valence-corrected chi connectivity index (χ4v) is 3.86. The Morgan fingerprint density at radius 2 is 1.74 bits per heavy atom. The van der Waals surface area contributed by atoms with Crippen LogP contribution in [0, 0.1) is 18.8 Å². The van der Waals surface area contributed by atoms with E-state index in [-0.39, 0.29) is 0 Å². The smallest absolute Gasteiger partial charge is 0.151 e. The Morgan fingerprint density at radius 3 is 2.35 bits per heavy atom. The number of benzene rings is 1. The molecule has 2 N–H and O–H groups in total. The van der Waals surface area contributed by atoms with Crippen molar-refractivity contribution < 1.29 is 0 Å². The number of anilines is 2. The minimum absolute atomic E-state index is 0.776. The van der Waals surface area contributed by atoms with Crippen molar-refractivity contribution in [2.24, 2.45) is 11.8 Å². The van der Waals surface area contributed by atoms with Gasteiger partial charge < -0.3 is 15.5 Å². The normalized spacial score (nSPS) is 24.2. The Hall–Kier alpha value is -2.14. The Morgan fingerprint density at radius 1 is 1.00 bits per heavy atom. The van der Waals surface area contributed by atoms with Crippen molar-refractivity contribution in [1.29, 1.82) is 0 Å². The zero-order chi connectivity index (χ0) is 16.0. The first kappa shape index (κ1) is 14.5. The van der Waals surface area contributed by atoms with Gasteiger partial charge in [0.15, 0.2) is 5.82 Å². The molecule has 3 heterocycles.